The van der Waals surface area contributed by atoms with Gasteiger partial charge in [0.1, 0.15) is 6.23 Å². The number of hydrogen-bond donors (Lipinski definition) is 1. The van der Waals surface area contributed by atoms with Gasteiger partial charge < -0.3 is 15.4 Å². The van der Waals surface area contributed by atoms with Gasteiger partial charge in [0.25, 0.3) is 0 Å². The molecule has 0 aliphatic heterocycles. The minimum absolute atomic E-state index is 0.248. The highest BCUT2D eigenvalue weighted by molar-refractivity contribution is 5.71. The summed E-state index contributed by atoms with van der Waals surface area (Å²) in [6.07, 6.45) is -0.248. The van der Waals surface area contributed by atoms with E-state index in [1.807, 2.05) is 0 Å². The number of carbonyl (C=O) groups excluding carboxylic acids is 1. The number of rotatable bonds is 2. The second-order valence-corrected chi connectivity index (χ2v) is 1.78. The molecule has 0 heterocycles. The van der Waals surface area contributed by atoms with Gasteiger partial charge in [-0.1, -0.05) is 0 Å². The van der Waals surface area contributed by atoms with Crippen molar-refractivity contribution in [3.8, 4) is 0 Å². The van der Waals surface area contributed by atoms with E-state index in [4.69, 9.17) is 10.5 Å². The molecular formula is C5H12N2O2. The zero-order valence-electron chi connectivity index (χ0n) is 5.92. The van der Waals surface area contributed by atoms with E-state index >= 15 is 0 Å². The Balaban J connectivity index is 3.72. The Bertz CT molecular complexity index is 105. The van der Waals surface area contributed by atoms with Crippen molar-refractivity contribution in [3.05, 3.63) is 0 Å². The molecule has 4 nitrogen and oxygen atoms in total. The molecule has 0 saturated heterocycles. The molecule has 0 aromatic carbocycles. The first-order valence-corrected chi connectivity index (χ1v) is 2.64. The van der Waals surface area contributed by atoms with Crippen molar-refractivity contribution in [1.29, 1.82) is 0 Å². The minimum Gasteiger partial charge on any atom is -0.362 e. The van der Waals surface area contributed by atoms with E-state index in [-0.39, 0.29) is 6.23 Å². The molecule has 0 aliphatic carbocycles. The number of amides is 2. The SMILES string of the molecule is COC(C)N(C)C(N)=O. The summed E-state index contributed by atoms with van der Waals surface area (Å²) in [5, 5.41) is 0. The van der Waals surface area contributed by atoms with E-state index in [0.29, 0.717) is 0 Å². The quantitative estimate of drug-likeness (QED) is 0.537. The van der Waals surface area contributed by atoms with Crippen LogP contribution >= 0.6 is 0 Å². The van der Waals surface area contributed by atoms with Crippen LogP contribution in [0.25, 0.3) is 0 Å². The van der Waals surface area contributed by atoms with Gasteiger partial charge in [-0.05, 0) is 6.92 Å². The summed E-state index contributed by atoms with van der Waals surface area (Å²) < 4.78 is 4.80. The van der Waals surface area contributed by atoms with Gasteiger partial charge >= 0.3 is 6.03 Å². The summed E-state index contributed by atoms with van der Waals surface area (Å²) in [7, 11) is 3.10. The molecule has 2 amide bonds. The first-order chi connectivity index (χ1) is 4.09. The van der Waals surface area contributed by atoms with Crippen LogP contribution in [0.5, 0.6) is 0 Å². The Morgan fingerprint density at radius 1 is 1.78 bits per heavy atom. The van der Waals surface area contributed by atoms with Gasteiger partial charge in [0.15, 0.2) is 0 Å². The zero-order chi connectivity index (χ0) is 7.44. The molecule has 1 atom stereocenters. The first-order valence-electron chi connectivity index (χ1n) is 2.64. The van der Waals surface area contributed by atoms with Gasteiger partial charge in [0.2, 0.25) is 0 Å². The van der Waals surface area contributed by atoms with Gasteiger partial charge in [-0.3, -0.25) is 0 Å². The van der Waals surface area contributed by atoms with Crippen LogP contribution in [0.1, 0.15) is 6.92 Å². The lowest BCUT2D eigenvalue weighted by Gasteiger charge is -2.20. The van der Waals surface area contributed by atoms with Crippen molar-refractivity contribution in [2.45, 2.75) is 13.2 Å². The summed E-state index contributed by atoms with van der Waals surface area (Å²) in [6, 6.07) is -0.482. The molecule has 9 heavy (non-hydrogen) atoms. The first kappa shape index (κ1) is 8.23. The van der Waals surface area contributed by atoms with Gasteiger partial charge in [-0.15, -0.1) is 0 Å². The predicted octanol–water partition coefficient (Wildman–Crippen LogP) is -0.0107. The molecule has 0 bridgehead atoms. The molecule has 0 aliphatic rings. The summed E-state index contributed by atoms with van der Waals surface area (Å²) in [5.74, 6) is 0. The van der Waals surface area contributed by atoms with Crippen molar-refractivity contribution >= 4 is 6.03 Å². The largest absolute Gasteiger partial charge is 0.362 e. The molecule has 0 rings (SSSR count). The second kappa shape index (κ2) is 3.29. The number of ether oxygens (including phenoxy) is 1. The standard InChI is InChI=1S/C5H12N2O2/c1-4(9-3)7(2)5(6)8/h4H,1-3H3,(H2,6,8). The van der Waals surface area contributed by atoms with Crippen molar-refractivity contribution in [1.82, 2.24) is 4.90 Å². The lowest BCUT2D eigenvalue weighted by Crippen LogP contribution is -2.39. The van der Waals surface area contributed by atoms with E-state index < -0.39 is 6.03 Å². The van der Waals surface area contributed by atoms with Crippen molar-refractivity contribution in [2.75, 3.05) is 14.2 Å². The van der Waals surface area contributed by atoms with Crippen LogP contribution in [-0.2, 0) is 4.74 Å². The number of nitrogens with zero attached hydrogens (tertiary/aromatic N) is 1. The average molecular weight is 132 g/mol. The van der Waals surface area contributed by atoms with Crippen LogP contribution in [0.2, 0.25) is 0 Å². The molecular weight excluding hydrogens is 120 g/mol. The topological polar surface area (TPSA) is 55.6 Å². The second-order valence-electron chi connectivity index (χ2n) is 1.78. The molecule has 0 spiro atoms. The summed E-state index contributed by atoms with van der Waals surface area (Å²) in [6.45, 7) is 1.74. The van der Waals surface area contributed by atoms with Crippen LogP contribution in [0.3, 0.4) is 0 Å². The van der Waals surface area contributed by atoms with E-state index in [1.165, 1.54) is 12.0 Å². The fraction of sp³-hybridized carbons (Fsp3) is 0.800. The molecule has 0 aromatic rings. The molecule has 0 fully saturated rings. The van der Waals surface area contributed by atoms with Crippen molar-refractivity contribution < 1.29 is 9.53 Å². The van der Waals surface area contributed by atoms with Crippen LogP contribution in [0, 0.1) is 0 Å². The van der Waals surface area contributed by atoms with Crippen LogP contribution < -0.4 is 5.73 Å². The lowest BCUT2D eigenvalue weighted by molar-refractivity contribution is 0.0211. The number of urea groups is 1. The lowest BCUT2D eigenvalue weighted by atomic mass is 10.6. The third-order valence-corrected chi connectivity index (χ3v) is 1.23. The predicted molar refractivity (Wildman–Crippen MR) is 33.8 cm³/mol. The van der Waals surface area contributed by atoms with Gasteiger partial charge in [-0.25, -0.2) is 4.79 Å². The number of nitrogens with two attached hydrogens (primary N) is 1. The summed E-state index contributed by atoms with van der Waals surface area (Å²) in [5.41, 5.74) is 4.92. The fourth-order valence-electron chi connectivity index (χ4n) is 0.337. The minimum atomic E-state index is -0.482. The highest BCUT2D eigenvalue weighted by atomic mass is 16.5. The van der Waals surface area contributed by atoms with E-state index in [9.17, 15) is 4.79 Å². The van der Waals surface area contributed by atoms with Gasteiger partial charge in [-0.2, -0.15) is 0 Å². The van der Waals surface area contributed by atoms with Crippen LogP contribution in [0.15, 0.2) is 0 Å². The molecule has 0 radical (unpaired) electrons. The number of methoxy groups -OCH3 is 1. The normalized spacial score (nSPS) is 12.8. The van der Waals surface area contributed by atoms with E-state index in [2.05, 4.69) is 0 Å². The van der Waals surface area contributed by atoms with Gasteiger partial charge in [0.05, 0.1) is 0 Å². The molecule has 0 aromatic heterocycles. The summed E-state index contributed by atoms with van der Waals surface area (Å²) in [4.78, 5) is 11.7. The molecule has 0 saturated carbocycles. The number of primary amides is 1. The number of hydrogen-bond acceptors (Lipinski definition) is 2. The van der Waals surface area contributed by atoms with Crippen molar-refractivity contribution in [2.24, 2.45) is 5.73 Å². The molecule has 4 heteroatoms. The van der Waals surface area contributed by atoms with E-state index in [1.54, 1.807) is 14.0 Å². The van der Waals surface area contributed by atoms with Gasteiger partial charge in [0, 0.05) is 14.2 Å². The Hall–Kier alpha value is -0.770. The van der Waals surface area contributed by atoms with E-state index in [0.717, 1.165) is 0 Å². The third kappa shape index (κ3) is 2.32. The maximum absolute atomic E-state index is 10.4. The highest BCUT2D eigenvalue weighted by Gasteiger charge is 2.09. The van der Waals surface area contributed by atoms with Crippen LogP contribution in [-0.4, -0.2) is 31.3 Å². The Labute approximate surface area is 54.6 Å². The maximum atomic E-state index is 10.4. The zero-order valence-corrected chi connectivity index (χ0v) is 5.92. The molecule has 2 N–H and O–H groups in total. The van der Waals surface area contributed by atoms with Crippen LogP contribution in [0.4, 0.5) is 4.79 Å². The maximum Gasteiger partial charge on any atom is 0.316 e. The Morgan fingerprint density at radius 2 is 2.22 bits per heavy atom. The Morgan fingerprint density at radius 3 is 2.33 bits per heavy atom. The Kier molecular flexibility index (Phi) is 3.01. The summed E-state index contributed by atoms with van der Waals surface area (Å²) >= 11 is 0. The van der Waals surface area contributed by atoms with Crippen molar-refractivity contribution in [3.63, 3.8) is 0 Å². The highest BCUT2D eigenvalue weighted by Crippen LogP contribution is 1.92. The number of carbonyl (C=O) groups is 1. The fourth-order valence-corrected chi connectivity index (χ4v) is 0.337. The monoisotopic (exact) mass is 132 g/mol. The molecule has 54 valence electrons. The molecule has 1 unspecified atom stereocenters. The average Bonchev–Trinajstić information content (AvgIpc) is 1.84. The smallest absolute Gasteiger partial charge is 0.316 e. The third-order valence-electron chi connectivity index (χ3n) is 1.23.